The van der Waals surface area contributed by atoms with Crippen LogP contribution in [0.2, 0.25) is 0 Å². The monoisotopic (exact) mass is 230 g/mol. The van der Waals surface area contributed by atoms with E-state index in [1.165, 1.54) is 0 Å². The average Bonchev–Trinajstić information content (AvgIpc) is 2.26. The van der Waals surface area contributed by atoms with Gasteiger partial charge in [0.25, 0.3) is 0 Å². The Morgan fingerprint density at radius 2 is 1.93 bits per heavy atom. The fourth-order valence-corrected chi connectivity index (χ4v) is 1.68. The molecule has 15 heavy (non-hydrogen) atoms. The van der Waals surface area contributed by atoms with E-state index >= 15 is 0 Å². The summed E-state index contributed by atoms with van der Waals surface area (Å²) in [7, 11) is -2.45. The van der Waals surface area contributed by atoms with Gasteiger partial charge in [0.1, 0.15) is 5.75 Å². The van der Waals surface area contributed by atoms with Crippen molar-refractivity contribution in [3.8, 4) is 5.75 Å². The molecule has 1 aromatic carbocycles. The highest BCUT2D eigenvalue weighted by atomic mass is 31.1. The third-order valence-electron chi connectivity index (χ3n) is 1.72. The van der Waals surface area contributed by atoms with Gasteiger partial charge in [-0.3, -0.25) is 0 Å². The molecule has 0 aliphatic carbocycles. The molecule has 0 aliphatic heterocycles. The van der Waals surface area contributed by atoms with Gasteiger partial charge >= 0.3 is 8.25 Å². The van der Waals surface area contributed by atoms with Crippen LogP contribution < -0.4 is 4.52 Å². The summed E-state index contributed by atoms with van der Waals surface area (Å²) in [5.41, 5.74) is 0. The summed E-state index contributed by atoms with van der Waals surface area (Å²) in [6.07, 6.45) is 1.34. The number of aliphatic hydroxyl groups is 1. The number of hydrogen-bond donors (Lipinski definition) is 1. The summed E-state index contributed by atoms with van der Waals surface area (Å²) in [6.45, 7) is 0.481. The molecule has 1 rings (SSSR count). The van der Waals surface area contributed by atoms with E-state index in [-0.39, 0.29) is 6.61 Å². The van der Waals surface area contributed by atoms with Crippen LogP contribution in [0.5, 0.6) is 5.75 Å². The molecular formula is C10H15O4P. The number of benzene rings is 1. The molecule has 0 heterocycles. The van der Waals surface area contributed by atoms with Crippen LogP contribution in [0.25, 0.3) is 0 Å². The van der Waals surface area contributed by atoms with Crippen molar-refractivity contribution in [2.24, 2.45) is 0 Å². The van der Waals surface area contributed by atoms with Crippen LogP contribution in [0.4, 0.5) is 0 Å². The molecule has 0 radical (unpaired) electrons. The maximum Gasteiger partial charge on any atom is 0.367 e. The number of rotatable bonds is 7. The molecule has 1 N–H and O–H groups in total. The predicted octanol–water partition coefficient (Wildman–Crippen LogP) is 2.24. The molecule has 0 saturated heterocycles. The maximum absolute atomic E-state index is 11.3. The van der Waals surface area contributed by atoms with Gasteiger partial charge < -0.3 is 14.2 Å². The third-order valence-corrected chi connectivity index (χ3v) is 2.56. The third kappa shape index (κ3) is 5.57. The van der Waals surface area contributed by atoms with E-state index in [9.17, 15) is 4.57 Å². The lowest BCUT2D eigenvalue weighted by Crippen LogP contribution is -1.92. The van der Waals surface area contributed by atoms with Crippen LogP contribution in [0, 0.1) is 0 Å². The normalized spacial score (nSPS) is 12.3. The summed E-state index contributed by atoms with van der Waals surface area (Å²) < 4.78 is 21.3. The highest BCUT2D eigenvalue weighted by Gasteiger charge is 2.00. The second-order valence-corrected chi connectivity index (χ2v) is 3.94. The van der Waals surface area contributed by atoms with Gasteiger partial charge in [-0.2, -0.15) is 0 Å². The molecule has 0 spiro atoms. The fraction of sp³-hybridized carbons (Fsp3) is 0.400. The van der Waals surface area contributed by atoms with E-state index in [4.69, 9.17) is 14.2 Å². The molecule has 0 fully saturated rings. The number of aliphatic hydroxyl groups excluding tert-OH is 1. The molecular weight excluding hydrogens is 215 g/mol. The van der Waals surface area contributed by atoms with Crippen molar-refractivity contribution < 1.29 is 18.7 Å². The van der Waals surface area contributed by atoms with Crippen molar-refractivity contribution in [1.82, 2.24) is 0 Å². The first kappa shape index (κ1) is 12.2. The second-order valence-electron chi connectivity index (χ2n) is 2.94. The quantitative estimate of drug-likeness (QED) is 0.576. The van der Waals surface area contributed by atoms with Crippen LogP contribution in [-0.4, -0.2) is 18.3 Å². The highest BCUT2D eigenvalue weighted by molar-refractivity contribution is 7.33. The van der Waals surface area contributed by atoms with Crippen molar-refractivity contribution >= 4 is 8.25 Å². The SMILES string of the molecule is O=[PH](OCCCCO)Oc1ccccc1. The van der Waals surface area contributed by atoms with Crippen molar-refractivity contribution in [1.29, 1.82) is 0 Å². The molecule has 84 valence electrons. The van der Waals surface area contributed by atoms with Gasteiger partial charge in [-0.1, -0.05) is 18.2 Å². The van der Waals surface area contributed by atoms with Gasteiger partial charge in [-0.25, -0.2) is 4.57 Å². The molecule has 0 amide bonds. The summed E-state index contributed by atoms with van der Waals surface area (Å²) >= 11 is 0. The van der Waals surface area contributed by atoms with Crippen molar-refractivity contribution in [3.63, 3.8) is 0 Å². The Labute approximate surface area is 89.8 Å². The van der Waals surface area contributed by atoms with Crippen LogP contribution >= 0.6 is 8.25 Å². The van der Waals surface area contributed by atoms with Gasteiger partial charge in [0.2, 0.25) is 0 Å². The largest absolute Gasteiger partial charge is 0.426 e. The first-order valence-corrected chi connectivity index (χ1v) is 6.06. The number of unbranched alkanes of at least 4 members (excludes halogenated alkanes) is 1. The average molecular weight is 230 g/mol. The summed E-state index contributed by atoms with van der Waals surface area (Å²) in [6, 6.07) is 8.90. The number of para-hydroxylation sites is 1. The van der Waals surface area contributed by atoms with E-state index < -0.39 is 8.25 Å². The zero-order valence-corrected chi connectivity index (χ0v) is 9.39. The molecule has 0 aliphatic rings. The Balaban J connectivity index is 2.19. The van der Waals surface area contributed by atoms with E-state index in [1.807, 2.05) is 6.07 Å². The Hall–Kier alpha value is -0.830. The first-order valence-electron chi connectivity index (χ1n) is 4.83. The molecule has 1 atom stereocenters. The molecule has 1 unspecified atom stereocenters. The van der Waals surface area contributed by atoms with E-state index in [0.717, 1.165) is 0 Å². The van der Waals surface area contributed by atoms with Crippen LogP contribution in [-0.2, 0) is 9.09 Å². The van der Waals surface area contributed by atoms with Gasteiger partial charge in [0.05, 0.1) is 6.61 Å². The first-order chi connectivity index (χ1) is 7.33. The molecule has 4 nitrogen and oxygen atoms in total. The minimum absolute atomic E-state index is 0.129. The highest BCUT2D eigenvalue weighted by Crippen LogP contribution is 2.27. The van der Waals surface area contributed by atoms with Crippen LogP contribution in [0.1, 0.15) is 12.8 Å². The Kier molecular flexibility index (Phi) is 6.09. The molecule has 0 bridgehead atoms. The minimum atomic E-state index is -2.45. The zero-order valence-electron chi connectivity index (χ0n) is 8.39. The Morgan fingerprint density at radius 3 is 2.60 bits per heavy atom. The Morgan fingerprint density at radius 1 is 1.20 bits per heavy atom. The summed E-state index contributed by atoms with van der Waals surface area (Å²) in [5, 5.41) is 8.51. The van der Waals surface area contributed by atoms with Crippen LogP contribution in [0.15, 0.2) is 30.3 Å². The summed E-state index contributed by atoms with van der Waals surface area (Å²) in [5.74, 6) is 0.545. The minimum Gasteiger partial charge on any atom is -0.426 e. The van der Waals surface area contributed by atoms with Crippen LogP contribution in [0.3, 0.4) is 0 Å². The van der Waals surface area contributed by atoms with Crippen molar-refractivity contribution in [2.45, 2.75) is 12.8 Å². The smallest absolute Gasteiger partial charge is 0.367 e. The lowest BCUT2D eigenvalue weighted by atomic mass is 10.3. The Bertz CT molecular complexity index is 289. The van der Waals surface area contributed by atoms with Crippen molar-refractivity contribution in [2.75, 3.05) is 13.2 Å². The maximum atomic E-state index is 11.3. The second kappa shape index (κ2) is 7.46. The van der Waals surface area contributed by atoms with E-state index in [2.05, 4.69) is 0 Å². The zero-order chi connectivity index (χ0) is 10.9. The predicted molar refractivity (Wildman–Crippen MR) is 58.3 cm³/mol. The standard InChI is InChI=1S/C10H15O4P/c11-8-4-5-9-13-15(12)14-10-6-2-1-3-7-10/h1-3,6-7,11,15H,4-5,8-9H2. The molecule has 0 saturated carbocycles. The van der Waals surface area contributed by atoms with Gasteiger partial charge in [-0.15, -0.1) is 0 Å². The van der Waals surface area contributed by atoms with Crippen molar-refractivity contribution in [3.05, 3.63) is 30.3 Å². The van der Waals surface area contributed by atoms with E-state index in [1.54, 1.807) is 24.3 Å². The van der Waals surface area contributed by atoms with E-state index in [0.29, 0.717) is 25.2 Å². The molecule has 5 heteroatoms. The number of hydrogen-bond acceptors (Lipinski definition) is 4. The summed E-state index contributed by atoms with van der Waals surface area (Å²) in [4.78, 5) is 0. The molecule has 0 aromatic heterocycles. The molecule has 1 aromatic rings. The lowest BCUT2D eigenvalue weighted by molar-refractivity contribution is 0.244. The van der Waals surface area contributed by atoms with Gasteiger partial charge in [0, 0.05) is 6.61 Å². The lowest BCUT2D eigenvalue weighted by Gasteiger charge is -2.05. The van der Waals surface area contributed by atoms with Gasteiger partial charge in [-0.05, 0) is 25.0 Å². The topological polar surface area (TPSA) is 55.8 Å². The fourth-order valence-electron chi connectivity index (χ4n) is 0.984. The van der Waals surface area contributed by atoms with Gasteiger partial charge in [0.15, 0.2) is 0 Å².